The van der Waals surface area contributed by atoms with Crippen LogP contribution in [0.25, 0.3) is 0 Å². The molecule has 0 saturated heterocycles. The average Bonchev–Trinajstić information content (AvgIpc) is 2.70. The number of halogens is 1. The zero-order valence-corrected chi connectivity index (χ0v) is 21.6. The van der Waals surface area contributed by atoms with E-state index in [9.17, 15) is 0 Å². The lowest BCUT2D eigenvalue weighted by molar-refractivity contribution is -0.880. The Labute approximate surface area is 192 Å². The molecule has 0 radical (unpaired) electrons. The summed E-state index contributed by atoms with van der Waals surface area (Å²) in [4.78, 5) is 1.77. The van der Waals surface area contributed by atoms with Crippen molar-refractivity contribution in [3.05, 3.63) is 0 Å². The molecule has 1 N–H and O–H groups in total. The van der Waals surface area contributed by atoms with Crippen LogP contribution in [0.4, 0.5) is 0 Å². The van der Waals surface area contributed by atoms with E-state index in [-0.39, 0.29) is 12.4 Å². The third-order valence-electron chi connectivity index (χ3n) is 6.41. The van der Waals surface area contributed by atoms with Crippen molar-refractivity contribution >= 4 is 0 Å². The Morgan fingerprint density at radius 2 is 0.552 bits per heavy atom. The molecule has 0 amide bonds. The van der Waals surface area contributed by atoms with Crippen LogP contribution in [0.1, 0.15) is 155 Å². The number of nitrogens with one attached hydrogen (secondary N) is 1. The number of unbranched alkanes of at least 4 members (excludes halogenated alkanes) is 20. The summed E-state index contributed by atoms with van der Waals surface area (Å²) in [6.45, 7) is 7.40. The number of hydrogen-bond acceptors (Lipinski definition) is 0. The van der Waals surface area contributed by atoms with Crippen LogP contribution in [-0.2, 0) is 0 Å². The molecular formula is C27H58ClN. The van der Waals surface area contributed by atoms with Crippen molar-refractivity contribution in [1.29, 1.82) is 0 Å². The lowest BCUT2D eigenvalue weighted by atomic mass is 10.1. The van der Waals surface area contributed by atoms with Gasteiger partial charge in [0.2, 0.25) is 0 Å². The molecule has 29 heavy (non-hydrogen) atoms. The predicted octanol–water partition coefficient (Wildman–Crippen LogP) is 5.13. The molecule has 1 unspecified atom stereocenters. The summed E-state index contributed by atoms with van der Waals surface area (Å²) in [6.07, 6.45) is 32.1. The molecule has 0 aliphatic heterocycles. The van der Waals surface area contributed by atoms with E-state index < -0.39 is 0 Å². The molecule has 1 atom stereocenters. The number of rotatable bonds is 24. The van der Waals surface area contributed by atoms with Gasteiger partial charge in [-0.3, -0.25) is 0 Å². The van der Waals surface area contributed by atoms with Crippen molar-refractivity contribution in [3.8, 4) is 0 Å². The molecule has 0 aromatic rings. The Balaban J connectivity index is 0. The summed E-state index contributed by atoms with van der Waals surface area (Å²) < 4.78 is 0. The monoisotopic (exact) mass is 431 g/mol. The SMILES string of the molecule is CCCCCCCCCCCCCC[NH+](C)CCCCCCCCCCCC.[Cl-]. The minimum absolute atomic E-state index is 0. The largest absolute Gasteiger partial charge is 1.00 e. The molecule has 0 aliphatic rings. The van der Waals surface area contributed by atoms with Gasteiger partial charge in [0.15, 0.2) is 0 Å². The highest BCUT2D eigenvalue weighted by Gasteiger charge is 2.02. The van der Waals surface area contributed by atoms with Crippen LogP contribution >= 0.6 is 0 Å². The van der Waals surface area contributed by atoms with E-state index in [0.717, 1.165) is 0 Å². The Bertz CT molecular complexity index is 269. The third kappa shape index (κ3) is 28.2. The fourth-order valence-electron chi connectivity index (χ4n) is 4.31. The second-order valence-electron chi connectivity index (χ2n) is 9.53. The minimum Gasteiger partial charge on any atom is -1.00 e. The molecule has 1 nitrogen and oxygen atoms in total. The molecule has 0 spiro atoms. The maximum Gasteiger partial charge on any atom is 0.0768 e. The Kier molecular flexibility index (Phi) is 30.6. The predicted molar refractivity (Wildman–Crippen MR) is 130 cm³/mol. The molecule has 0 saturated carbocycles. The minimum atomic E-state index is 0. The standard InChI is InChI=1S/C27H57N.ClH/c1-4-6-8-10-12-14-16-17-19-21-23-25-27-28(3)26-24-22-20-18-15-13-11-9-7-5-2;/h4-27H2,1-3H3;1H. The van der Waals surface area contributed by atoms with Gasteiger partial charge in [-0.1, -0.05) is 129 Å². The van der Waals surface area contributed by atoms with Crippen LogP contribution in [0.3, 0.4) is 0 Å². The molecule has 0 aromatic carbocycles. The Morgan fingerprint density at radius 1 is 0.345 bits per heavy atom. The van der Waals surface area contributed by atoms with E-state index in [0.29, 0.717) is 0 Å². The fraction of sp³-hybridized carbons (Fsp3) is 1.00. The van der Waals surface area contributed by atoms with Crippen LogP contribution in [0.15, 0.2) is 0 Å². The number of hydrogen-bond donors (Lipinski definition) is 1. The smallest absolute Gasteiger partial charge is 0.0768 e. The van der Waals surface area contributed by atoms with E-state index >= 15 is 0 Å². The van der Waals surface area contributed by atoms with E-state index in [2.05, 4.69) is 20.9 Å². The van der Waals surface area contributed by atoms with Crippen molar-refractivity contribution in [2.75, 3.05) is 20.1 Å². The summed E-state index contributed by atoms with van der Waals surface area (Å²) in [5, 5.41) is 0. The van der Waals surface area contributed by atoms with Gasteiger partial charge in [-0.25, -0.2) is 0 Å². The Morgan fingerprint density at radius 3 is 0.793 bits per heavy atom. The quantitative estimate of drug-likeness (QED) is 0.202. The highest BCUT2D eigenvalue weighted by atomic mass is 35.5. The van der Waals surface area contributed by atoms with Crippen molar-refractivity contribution in [2.24, 2.45) is 0 Å². The highest BCUT2D eigenvalue weighted by molar-refractivity contribution is 4.49. The molecular weight excluding hydrogens is 374 g/mol. The van der Waals surface area contributed by atoms with Crippen molar-refractivity contribution in [3.63, 3.8) is 0 Å². The topological polar surface area (TPSA) is 4.44 Å². The maximum absolute atomic E-state index is 2.41. The van der Waals surface area contributed by atoms with Crippen molar-refractivity contribution < 1.29 is 17.3 Å². The second kappa shape index (κ2) is 28.2. The van der Waals surface area contributed by atoms with E-state index in [1.165, 1.54) is 154 Å². The molecule has 0 aromatic heterocycles. The van der Waals surface area contributed by atoms with Crippen molar-refractivity contribution in [1.82, 2.24) is 0 Å². The summed E-state index contributed by atoms with van der Waals surface area (Å²) in [7, 11) is 2.41. The van der Waals surface area contributed by atoms with Gasteiger partial charge in [-0.05, 0) is 25.7 Å². The zero-order chi connectivity index (χ0) is 20.5. The van der Waals surface area contributed by atoms with Gasteiger partial charge in [0, 0.05) is 0 Å². The lowest BCUT2D eigenvalue weighted by Gasteiger charge is -2.13. The first kappa shape index (κ1) is 31.4. The highest BCUT2D eigenvalue weighted by Crippen LogP contribution is 2.12. The van der Waals surface area contributed by atoms with Crippen LogP contribution in [-0.4, -0.2) is 20.1 Å². The van der Waals surface area contributed by atoms with Gasteiger partial charge >= 0.3 is 0 Å². The van der Waals surface area contributed by atoms with E-state index in [1.54, 1.807) is 4.90 Å². The first-order valence-corrected chi connectivity index (χ1v) is 13.6. The van der Waals surface area contributed by atoms with E-state index in [4.69, 9.17) is 0 Å². The van der Waals surface area contributed by atoms with Crippen LogP contribution in [0.2, 0.25) is 0 Å². The zero-order valence-electron chi connectivity index (χ0n) is 20.8. The van der Waals surface area contributed by atoms with Crippen LogP contribution in [0, 0.1) is 0 Å². The van der Waals surface area contributed by atoms with Crippen molar-refractivity contribution in [2.45, 2.75) is 155 Å². The first-order valence-electron chi connectivity index (χ1n) is 13.6. The third-order valence-corrected chi connectivity index (χ3v) is 6.41. The van der Waals surface area contributed by atoms with E-state index in [1.807, 2.05) is 0 Å². The fourth-order valence-corrected chi connectivity index (χ4v) is 4.31. The summed E-state index contributed by atoms with van der Waals surface area (Å²) in [5.74, 6) is 0. The maximum atomic E-state index is 2.41. The van der Waals surface area contributed by atoms with Crippen LogP contribution in [0.5, 0.6) is 0 Å². The summed E-state index contributed by atoms with van der Waals surface area (Å²) in [5.41, 5.74) is 0. The van der Waals surface area contributed by atoms with Gasteiger partial charge in [0.1, 0.15) is 0 Å². The summed E-state index contributed by atoms with van der Waals surface area (Å²) >= 11 is 0. The normalized spacial score (nSPS) is 12.1. The molecule has 0 aliphatic carbocycles. The van der Waals surface area contributed by atoms with Gasteiger partial charge in [0.05, 0.1) is 20.1 Å². The van der Waals surface area contributed by atoms with Gasteiger partial charge in [-0.15, -0.1) is 0 Å². The van der Waals surface area contributed by atoms with Gasteiger partial charge in [0.25, 0.3) is 0 Å². The lowest BCUT2D eigenvalue weighted by Crippen LogP contribution is -3.09. The molecule has 178 valence electrons. The van der Waals surface area contributed by atoms with Gasteiger partial charge < -0.3 is 17.3 Å². The summed E-state index contributed by atoms with van der Waals surface area (Å²) in [6, 6.07) is 0. The second-order valence-corrected chi connectivity index (χ2v) is 9.53. The molecule has 0 bridgehead atoms. The first-order chi connectivity index (χ1) is 13.8. The number of quaternary nitrogens is 1. The average molecular weight is 432 g/mol. The molecule has 0 rings (SSSR count). The molecule has 0 fully saturated rings. The Hall–Kier alpha value is 0.250. The van der Waals surface area contributed by atoms with Crippen LogP contribution < -0.4 is 17.3 Å². The molecule has 2 heteroatoms. The molecule has 0 heterocycles. The van der Waals surface area contributed by atoms with Gasteiger partial charge in [-0.2, -0.15) is 0 Å².